The number of fused-ring (bicyclic) bond motifs is 1. The van der Waals surface area contributed by atoms with E-state index in [1.807, 2.05) is 36.9 Å². The summed E-state index contributed by atoms with van der Waals surface area (Å²) in [6.45, 7) is 8.59. The minimum Gasteiger partial charge on any atom is -0.354 e. The Bertz CT molecular complexity index is 1140. The highest BCUT2D eigenvalue weighted by Crippen LogP contribution is 2.37. The third-order valence-corrected chi connectivity index (χ3v) is 6.29. The van der Waals surface area contributed by atoms with Crippen LogP contribution < -0.4 is 4.90 Å². The number of rotatable bonds is 3. The number of aromatic nitrogens is 4. The molecule has 33 heavy (non-hydrogen) atoms. The van der Waals surface area contributed by atoms with Gasteiger partial charge < -0.3 is 4.90 Å². The van der Waals surface area contributed by atoms with E-state index in [9.17, 15) is 9.65 Å². The van der Waals surface area contributed by atoms with Crippen molar-refractivity contribution >= 4 is 5.82 Å². The zero-order valence-electron chi connectivity index (χ0n) is 19.4. The number of nitrogens with zero attached hydrogens (tertiary/aromatic N) is 7. The van der Waals surface area contributed by atoms with E-state index in [1.54, 1.807) is 0 Å². The fraction of sp³-hybridized carbons (Fsp3) is 0.440. The molecule has 2 aliphatic heterocycles. The number of anilines is 1. The van der Waals surface area contributed by atoms with Gasteiger partial charge in [-0.05, 0) is 49.9 Å². The maximum atomic E-state index is 13.5. The average Bonchev–Trinajstić information content (AvgIpc) is 3.42. The van der Waals surface area contributed by atoms with Gasteiger partial charge in [-0.1, -0.05) is 31.2 Å². The van der Waals surface area contributed by atoms with E-state index in [4.69, 9.17) is 0 Å². The maximum absolute atomic E-state index is 13.5. The van der Waals surface area contributed by atoms with Crippen LogP contribution in [0.25, 0.3) is 5.69 Å². The Kier molecular flexibility index (Phi) is 6.99. The highest BCUT2D eigenvalue weighted by Gasteiger charge is 2.38. The van der Waals surface area contributed by atoms with Crippen LogP contribution in [-0.2, 0) is 0 Å². The normalized spacial score (nSPS) is 20.4. The van der Waals surface area contributed by atoms with Gasteiger partial charge in [0.05, 0.1) is 29.7 Å². The van der Waals surface area contributed by atoms with Crippen molar-refractivity contribution in [3.63, 3.8) is 0 Å². The Morgan fingerprint density at radius 3 is 2.79 bits per heavy atom. The second-order valence-electron chi connectivity index (χ2n) is 8.35. The van der Waals surface area contributed by atoms with Crippen LogP contribution in [0.15, 0.2) is 42.7 Å². The highest BCUT2D eigenvalue weighted by atomic mass is 19.1. The van der Waals surface area contributed by atoms with Gasteiger partial charge in [0.1, 0.15) is 23.4 Å². The molecule has 0 radical (unpaired) electrons. The Morgan fingerprint density at radius 2 is 2.00 bits per heavy atom. The van der Waals surface area contributed by atoms with Crippen LogP contribution in [0.2, 0.25) is 0 Å². The van der Waals surface area contributed by atoms with E-state index in [1.165, 1.54) is 17.8 Å². The van der Waals surface area contributed by atoms with Crippen LogP contribution in [0.1, 0.15) is 56.0 Å². The second-order valence-corrected chi connectivity index (χ2v) is 8.35. The van der Waals surface area contributed by atoms with E-state index in [-0.39, 0.29) is 6.04 Å². The molecule has 0 spiro atoms. The largest absolute Gasteiger partial charge is 0.354 e. The average molecular weight is 448 g/mol. The Morgan fingerprint density at radius 1 is 1.15 bits per heavy atom. The molecular weight excluding hydrogens is 417 g/mol. The molecule has 0 bridgehead atoms. The van der Waals surface area contributed by atoms with E-state index in [0.29, 0.717) is 17.4 Å². The summed E-state index contributed by atoms with van der Waals surface area (Å²) in [5.41, 5.74) is 3.50. The standard InChI is InChI=1S/C23H24FN7.C2H6/c1-16-4-2-5-19(10-16)31-15-21(27-28-31)22-7-6-20-14-29(8-3-9-30(20)22)23-17(12-25)11-18(24)13-26-23;1-2/h2,4-5,10-11,13,15,20,22H,3,6-9,14H2,1H3;1-2H3. The molecule has 0 aliphatic carbocycles. The topological polar surface area (TPSA) is 73.9 Å². The fourth-order valence-corrected chi connectivity index (χ4v) is 4.86. The summed E-state index contributed by atoms with van der Waals surface area (Å²) in [6.07, 6.45) is 6.25. The number of halogens is 1. The SMILES string of the molecule is CC.Cc1cccc(-n2cc(C3CCC4CN(c5ncc(F)cc5C#N)CCCN43)nn2)c1. The van der Waals surface area contributed by atoms with Crippen molar-refractivity contribution in [3.8, 4) is 11.8 Å². The van der Waals surface area contributed by atoms with Gasteiger partial charge in [0.25, 0.3) is 0 Å². The molecule has 0 saturated carbocycles. The Hall–Kier alpha value is -3.31. The summed E-state index contributed by atoms with van der Waals surface area (Å²) in [5.74, 6) is 0.106. The first-order chi connectivity index (χ1) is 16.1. The summed E-state index contributed by atoms with van der Waals surface area (Å²) in [7, 11) is 0. The molecule has 8 heteroatoms. The first kappa shape index (κ1) is 22.9. The van der Waals surface area contributed by atoms with Crippen molar-refractivity contribution in [1.29, 1.82) is 5.26 Å². The lowest BCUT2D eigenvalue weighted by Crippen LogP contribution is -2.38. The van der Waals surface area contributed by atoms with Gasteiger partial charge in [-0.2, -0.15) is 5.26 Å². The molecule has 2 unspecified atom stereocenters. The van der Waals surface area contributed by atoms with Crippen molar-refractivity contribution in [2.24, 2.45) is 0 Å². The van der Waals surface area contributed by atoms with Gasteiger partial charge in [0.15, 0.2) is 0 Å². The van der Waals surface area contributed by atoms with Gasteiger partial charge in [-0.25, -0.2) is 14.1 Å². The molecule has 2 saturated heterocycles. The molecule has 2 atom stereocenters. The van der Waals surface area contributed by atoms with Crippen molar-refractivity contribution in [3.05, 3.63) is 65.4 Å². The van der Waals surface area contributed by atoms with Crippen LogP contribution in [0.5, 0.6) is 0 Å². The van der Waals surface area contributed by atoms with Crippen molar-refractivity contribution in [2.75, 3.05) is 24.5 Å². The van der Waals surface area contributed by atoms with Crippen molar-refractivity contribution in [2.45, 2.75) is 52.1 Å². The molecule has 2 fully saturated rings. The number of hydrogen-bond acceptors (Lipinski definition) is 6. The molecule has 0 N–H and O–H groups in total. The van der Waals surface area contributed by atoms with Crippen LogP contribution in [-0.4, -0.2) is 50.6 Å². The van der Waals surface area contributed by atoms with Crippen LogP contribution in [0, 0.1) is 24.1 Å². The van der Waals surface area contributed by atoms with E-state index < -0.39 is 5.82 Å². The summed E-state index contributed by atoms with van der Waals surface area (Å²) in [6, 6.07) is 12.2. The lowest BCUT2D eigenvalue weighted by molar-refractivity contribution is 0.204. The minimum absolute atomic E-state index is 0.236. The van der Waals surface area contributed by atoms with Gasteiger partial charge in [0, 0.05) is 25.7 Å². The lowest BCUT2D eigenvalue weighted by atomic mass is 10.1. The van der Waals surface area contributed by atoms with Crippen molar-refractivity contribution < 1.29 is 4.39 Å². The zero-order valence-corrected chi connectivity index (χ0v) is 19.4. The van der Waals surface area contributed by atoms with Gasteiger partial charge in [0.2, 0.25) is 0 Å². The molecule has 172 valence electrons. The Balaban J connectivity index is 0.00000126. The third kappa shape index (κ3) is 4.74. The predicted octanol–water partition coefficient (Wildman–Crippen LogP) is 4.42. The first-order valence-electron chi connectivity index (χ1n) is 11.7. The summed E-state index contributed by atoms with van der Waals surface area (Å²) in [4.78, 5) is 8.88. The van der Waals surface area contributed by atoms with E-state index >= 15 is 0 Å². The molecule has 7 nitrogen and oxygen atoms in total. The molecule has 0 amide bonds. The zero-order chi connectivity index (χ0) is 23.4. The number of aryl methyl sites for hydroxylation is 1. The van der Waals surface area contributed by atoms with Crippen molar-refractivity contribution in [1.82, 2.24) is 24.9 Å². The first-order valence-corrected chi connectivity index (χ1v) is 11.7. The number of nitriles is 1. The monoisotopic (exact) mass is 447 g/mol. The van der Waals surface area contributed by atoms with Gasteiger partial charge >= 0.3 is 0 Å². The lowest BCUT2D eigenvalue weighted by Gasteiger charge is -2.29. The van der Waals surface area contributed by atoms with E-state index in [2.05, 4.69) is 50.2 Å². The van der Waals surface area contributed by atoms with Gasteiger partial charge in [-0.3, -0.25) is 4.90 Å². The summed E-state index contributed by atoms with van der Waals surface area (Å²) >= 11 is 0. The molecule has 3 aromatic rings. The molecule has 4 heterocycles. The number of benzene rings is 1. The number of pyridine rings is 1. The molecule has 1 aromatic carbocycles. The fourth-order valence-electron chi connectivity index (χ4n) is 4.86. The van der Waals surface area contributed by atoms with Crippen LogP contribution in [0.3, 0.4) is 0 Å². The summed E-state index contributed by atoms with van der Waals surface area (Å²) in [5, 5.41) is 18.3. The van der Waals surface area contributed by atoms with Crippen LogP contribution in [0.4, 0.5) is 10.2 Å². The predicted molar refractivity (Wildman–Crippen MR) is 126 cm³/mol. The summed E-state index contributed by atoms with van der Waals surface area (Å²) < 4.78 is 15.4. The minimum atomic E-state index is -0.477. The number of hydrogen-bond donors (Lipinski definition) is 0. The maximum Gasteiger partial charge on any atom is 0.146 e. The molecule has 2 aromatic heterocycles. The van der Waals surface area contributed by atoms with E-state index in [0.717, 1.165) is 50.3 Å². The highest BCUT2D eigenvalue weighted by molar-refractivity contribution is 5.54. The van der Waals surface area contributed by atoms with Crippen LogP contribution >= 0.6 is 0 Å². The quantitative estimate of drug-likeness (QED) is 0.592. The molecule has 2 aliphatic rings. The Labute approximate surface area is 194 Å². The molecule has 5 rings (SSSR count). The smallest absolute Gasteiger partial charge is 0.146 e. The second kappa shape index (κ2) is 10.1. The van der Waals surface area contributed by atoms with Gasteiger partial charge in [-0.15, -0.1) is 5.10 Å². The third-order valence-electron chi connectivity index (χ3n) is 6.29. The molecular formula is C25H30FN7.